The van der Waals surface area contributed by atoms with Gasteiger partial charge in [-0.3, -0.25) is 14.9 Å². The van der Waals surface area contributed by atoms with Gasteiger partial charge in [0.2, 0.25) is 0 Å². The van der Waals surface area contributed by atoms with E-state index in [9.17, 15) is 14.9 Å². The van der Waals surface area contributed by atoms with Crippen molar-refractivity contribution in [2.75, 3.05) is 0 Å². The summed E-state index contributed by atoms with van der Waals surface area (Å²) in [6, 6.07) is 6.24. The maximum atomic E-state index is 10.9. The van der Waals surface area contributed by atoms with Crippen LogP contribution in [0.5, 0.6) is 0 Å². The summed E-state index contributed by atoms with van der Waals surface area (Å²) in [7, 11) is 0. The molecule has 0 amide bonds. The molecule has 0 heterocycles. The lowest BCUT2D eigenvalue weighted by molar-refractivity contribution is -0.384. The van der Waals surface area contributed by atoms with Crippen LogP contribution in [-0.4, -0.2) is 10.7 Å². The minimum absolute atomic E-state index is 0.0363. The van der Waals surface area contributed by atoms with Crippen molar-refractivity contribution in [3.05, 3.63) is 69.8 Å². The third-order valence-corrected chi connectivity index (χ3v) is 2.32. The molecule has 4 nitrogen and oxygen atoms in total. The fourth-order valence-corrected chi connectivity index (χ4v) is 1.45. The third-order valence-electron chi connectivity index (χ3n) is 2.32. The summed E-state index contributed by atoms with van der Waals surface area (Å²) in [5, 5.41) is 10.5. The second-order valence-corrected chi connectivity index (χ2v) is 3.56. The number of nitro benzene ring substituents is 1. The van der Waals surface area contributed by atoms with Gasteiger partial charge < -0.3 is 0 Å². The molecule has 84 valence electrons. The highest BCUT2D eigenvalue weighted by atomic mass is 16.6. The second-order valence-electron chi connectivity index (χ2n) is 3.56. The van der Waals surface area contributed by atoms with Gasteiger partial charge in [0.25, 0.3) is 5.69 Å². The number of nitro groups is 1. The highest BCUT2D eigenvalue weighted by molar-refractivity contribution is 6.01. The van der Waals surface area contributed by atoms with E-state index in [0.29, 0.717) is 0 Å². The molecule has 0 fully saturated rings. The van der Waals surface area contributed by atoms with Crippen molar-refractivity contribution < 1.29 is 9.72 Å². The van der Waals surface area contributed by atoms with Gasteiger partial charge in [0, 0.05) is 12.1 Å². The maximum Gasteiger partial charge on any atom is 0.269 e. The molecule has 0 radical (unpaired) electrons. The van der Waals surface area contributed by atoms with Crippen molar-refractivity contribution in [1.82, 2.24) is 0 Å². The summed E-state index contributed by atoms with van der Waals surface area (Å²) >= 11 is 0. The van der Waals surface area contributed by atoms with Gasteiger partial charge in [-0.2, -0.15) is 0 Å². The lowest BCUT2D eigenvalue weighted by Crippen LogP contribution is -1.91. The van der Waals surface area contributed by atoms with Crippen molar-refractivity contribution in [1.29, 1.82) is 0 Å². The molecule has 0 aliphatic heterocycles. The Morgan fingerprint density at radius 3 is 2.12 bits per heavy atom. The average molecular weight is 227 g/mol. The standard InChI is InChI=1S/C13H9NO3/c15-13-7-3-11(4-8-13)9-10-1-5-12(6-2-10)14(16)17/h1-9H. The van der Waals surface area contributed by atoms with E-state index in [0.717, 1.165) is 11.1 Å². The maximum absolute atomic E-state index is 10.9. The predicted octanol–water partition coefficient (Wildman–Crippen LogP) is 2.67. The van der Waals surface area contributed by atoms with Crippen molar-refractivity contribution in [3.8, 4) is 0 Å². The summed E-state index contributed by atoms with van der Waals surface area (Å²) < 4.78 is 0. The number of ketones is 1. The van der Waals surface area contributed by atoms with Crippen molar-refractivity contribution in [2.24, 2.45) is 0 Å². The Hall–Kier alpha value is -2.49. The number of nitrogens with zero attached hydrogens (tertiary/aromatic N) is 1. The predicted molar refractivity (Wildman–Crippen MR) is 64.4 cm³/mol. The van der Waals surface area contributed by atoms with Gasteiger partial charge >= 0.3 is 0 Å². The number of benzene rings is 1. The zero-order chi connectivity index (χ0) is 12.3. The normalized spacial score (nSPS) is 13.9. The molecule has 17 heavy (non-hydrogen) atoms. The molecule has 4 heteroatoms. The number of non-ortho nitro benzene ring substituents is 1. The SMILES string of the molecule is O=C1C=CC(=Cc2ccc([N+](=O)[O-])cc2)C=C1. The Bertz CT molecular complexity index is 533. The van der Waals surface area contributed by atoms with Gasteiger partial charge in [-0.15, -0.1) is 0 Å². The fourth-order valence-electron chi connectivity index (χ4n) is 1.45. The Morgan fingerprint density at radius 1 is 1.00 bits per heavy atom. The van der Waals surface area contributed by atoms with Crippen LogP contribution in [0.4, 0.5) is 5.69 Å². The molecule has 0 N–H and O–H groups in total. The molecule has 0 unspecified atom stereocenters. The lowest BCUT2D eigenvalue weighted by Gasteiger charge is -2.00. The average Bonchev–Trinajstić information content (AvgIpc) is 2.33. The van der Waals surface area contributed by atoms with E-state index in [1.54, 1.807) is 24.3 Å². The Labute approximate surface area is 97.7 Å². The van der Waals surface area contributed by atoms with E-state index < -0.39 is 4.92 Å². The summed E-state index contributed by atoms with van der Waals surface area (Å²) in [6.45, 7) is 0. The van der Waals surface area contributed by atoms with Crippen LogP contribution in [0.3, 0.4) is 0 Å². The van der Waals surface area contributed by atoms with Crippen LogP contribution in [0, 0.1) is 10.1 Å². The van der Waals surface area contributed by atoms with Crippen LogP contribution in [0.15, 0.2) is 54.1 Å². The van der Waals surface area contributed by atoms with Crippen LogP contribution in [0.2, 0.25) is 0 Å². The molecule has 0 bridgehead atoms. The molecule has 0 atom stereocenters. The minimum Gasteiger partial charge on any atom is -0.290 e. The topological polar surface area (TPSA) is 60.2 Å². The van der Waals surface area contributed by atoms with E-state index in [4.69, 9.17) is 0 Å². The van der Waals surface area contributed by atoms with Crippen LogP contribution in [-0.2, 0) is 4.79 Å². The molecule has 1 aromatic carbocycles. The fraction of sp³-hybridized carbons (Fsp3) is 0. The van der Waals surface area contributed by atoms with Gasteiger partial charge in [0.1, 0.15) is 0 Å². The number of hydrogen-bond acceptors (Lipinski definition) is 3. The second kappa shape index (κ2) is 4.57. The van der Waals surface area contributed by atoms with E-state index in [-0.39, 0.29) is 11.5 Å². The first-order chi connectivity index (χ1) is 8.15. The third kappa shape index (κ3) is 2.75. The van der Waals surface area contributed by atoms with E-state index in [1.807, 2.05) is 6.08 Å². The number of carbonyl (C=O) groups is 1. The Balaban J connectivity index is 2.22. The summed E-state index contributed by atoms with van der Waals surface area (Å²) in [4.78, 5) is 20.9. The molecule has 1 aliphatic carbocycles. The molecule has 0 spiro atoms. The Morgan fingerprint density at radius 2 is 1.59 bits per heavy atom. The quantitative estimate of drug-likeness (QED) is 0.576. The highest BCUT2D eigenvalue weighted by Gasteiger charge is 2.03. The van der Waals surface area contributed by atoms with Crippen LogP contribution >= 0.6 is 0 Å². The van der Waals surface area contributed by atoms with Crippen molar-refractivity contribution >= 4 is 17.5 Å². The van der Waals surface area contributed by atoms with Crippen molar-refractivity contribution in [3.63, 3.8) is 0 Å². The van der Waals surface area contributed by atoms with E-state index in [1.165, 1.54) is 24.3 Å². The van der Waals surface area contributed by atoms with Gasteiger partial charge in [-0.25, -0.2) is 0 Å². The summed E-state index contributed by atoms with van der Waals surface area (Å²) in [6.07, 6.45) is 8.24. The van der Waals surface area contributed by atoms with Gasteiger partial charge in [0.05, 0.1) is 4.92 Å². The minimum atomic E-state index is -0.435. The highest BCUT2D eigenvalue weighted by Crippen LogP contribution is 2.16. The van der Waals surface area contributed by atoms with Crippen LogP contribution < -0.4 is 0 Å². The van der Waals surface area contributed by atoms with Crippen LogP contribution in [0.1, 0.15) is 5.56 Å². The zero-order valence-corrected chi connectivity index (χ0v) is 8.87. The van der Waals surface area contributed by atoms with Crippen LogP contribution in [0.25, 0.3) is 6.08 Å². The number of hydrogen-bond donors (Lipinski definition) is 0. The first-order valence-corrected chi connectivity index (χ1v) is 5.01. The molecule has 1 aliphatic rings. The number of rotatable bonds is 2. The molecular weight excluding hydrogens is 218 g/mol. The van der Waals surface area contributed by atoms with E-state index in [2.05, 4.69) is 0 Å². The lowest BCUT2D eigenvalue weighted by atomic mass is 10.1. The molecule has 1 aromatic rings. The molecule has 2 rings (SSSR count). The van der Waals surface area contributed by atoms with Crippen molar-refractivity contribution in [2.45, 2.75) is 0 Å². The first-order valence-electron chi connectivity index (χ1n) is 5.01. The van der Waals surface area contributed by atoms with Gasteiger partial charge in [-0.05, 0) is 41.5 Å². The largest absolute Gasteiger partial charge is 0.290 e. The Kier molecular flexibility index (Phi) is 2.96. The molecule has 0 saturated carbocycles. The molecule has 0 saturated heterocycles. The summed E-state index contributed by atoms with van der Waals surface area (Å²) in [5.41, 5.74) is 1.81. The zero-order valence-electron chi connectivity index (χ0n) is 8.87. The molecule has 0 aromatic heterocycles. The summed E-state index contributed by atoms with van der Waals surface area (Å²) in [5.74, 6) is -0.0363. The first kappa shape index (κ1) is 11.0. The molecular formula is C13H9NO3. The smallest absolute Gasteiger partial charge is 0.269 e. The van der Waals surface area contributed by atoms with Gasteiger partial charge in [0.15, 0.2) is 5.78 Å². The monoisotopic (exact) mass is 227 g/mol. The number of allylic oxidation sites excluding steroid dienone is 5. The number of carbonyl (C=O) groups excluding carboxylic acids is 1. The van der Waals surface area contributed by atoms with Gasteiger partial charge in [-0.1, -0.05) is 12.2 Å². The van der Waals surface area contributed by atoms with E-state index >= 15 is 0 Å².